The Kier molecular flexibility index (Phi) is 2.80. The number of ether oxygens (including phenoxy) is 1. The molecule has 0 bridgehead atoms. The summed E-state index contributed by atoms with van der Waals surface area (Å²) in [5.74, 6) is 0.608. The SMILES string of the molecule is Cc1noc(-c2ccccc2OC(F)F)n1. The number of alkyl halides is 2. The summed E-state index contributed by atoms with van der Waals surface area (Å²) in [5.41, 5.74) is 0.350. The normalized spacial score (nSPS) is 10.8. The summed E-state index contributed by atoms with van der Waals surface area (Å²) in [5, 5.41) is 3.58. The highest BCUT2D eigenvalue weighted by Crippen LogP contribution is 2.29. The number of rotatable bonds is 3. The molecule has 0 saturated heterocycles. The van der Waals surface area contributed by atoms with Crippen LogP contribution in [0.3, 0.4) is 0 Å². The molecule has 1 aromatic carbocycles. The Morgan fingerprint density at radius 1 is 1.31 bits per heavy atom. The van der Waals surface area contributed by atoms with Crippen molar-refractivity contribution >= 4 is 0 Å². The predicted molar refractivity (Wildman–Crippen MR) is 51.1 cm³/mol. The van der Waals surface area contributed by atoms with E-state index >= 15 is 0 Å². The number of nitrogens with zero attached hydrogens (tertiary/aromatic N) is 2. The Labute approximate surface area is 89.8 Å². The highest BCUT2D eigenvalue weighted by molar-refractivity contribution is 5.62. The summed E-state index contributed by atoms with van der Waals surface area (Å²) in [6.45, 7) is -1.24. The largest absolute Gasteiger partial charge is 0.434 e. The lowest BCUT2D eigenvalue weighted by molar-refractivity contribution is -0.0495. The molecule has 1 aromatic heterocycles. The molecule has 6 heteroatoms. The van der Waals surface area contributed by atoms with Crippen molar-refractivity contribution in [2.24, 2.45) is 0 Å². The molecule has 2 aromatic rings. The van der Waals surface area contributed by atoms with Crippen LogP contribution in [0.2, 0.25) is 0 Å². The third-order valence-electron chi connectivity index (χ3n) is 1.86. The number of para-hydroxylation sites is 1. The molecule has 0 spiro atoms. The van der Waals surface area contributed by atoms with E-state index in [-0.39, 0.29) is 11.6 Å². The smallest absolute Gasteiger partial charge is 0.387 e. The van der Waals surface area contributed by atoms with Gasteiger partial charge in [-0.3, -0.25) is 0 Å². The number of benzene rings is 1. The lowest BCUT2D eigenvalue weighted by atomic mass is 10.2. The third-order valence-corrected chi connectivity index (χ3v) is 1.86. The molecular formula is C10H8F2N2O2. The first-order valence-corrected chi connectivity index (χ1v) is 4.51. The molecule has 84 valence electrons. The molecule has 2 rings (SSSR count). The van der Waals surface area contributed by atoms with Crippen LogP contribution in [0.5, 0.6) is 5.75 Å². The molecule has 1 heterocycles. The van der Waals surface area contributed by atoms with Crippen LogP contribution in [0, 0.1) is 6.92 Å². The van der Waals surface area contributed by atoms with E-state index in [4.69, 9.17) is 4.52 Å². The maximum absolute atomic E-state index is 12.1. The van der Waals surface area contributed by atoms with Crippen molar-refractivity contribution in [3.8, 4) is 17.2 Å². The first-order chi connectivity index (χ1) is 7.66. The fourth-order valence-corrected chi connectivity index (χ4v) is 1.25. The molecule has 0 N–H and O–H groups in total. The lowest BCUT2D eigenvalue weighted by Gasteiger charge is -2.06. The molecule has 0 aliphatic heterocycles. The topological polar surface area (TPSA) is 48.2 Å². The standard InChI is InChI=1S/C10H8F2N2O2/c1-6-13-9(16-14-6)7-4-2-3-5-8(7)15-10(11)12/h2-5,10H,1H3. The Morgan fingerprint density at radius 2 is 2.06 bits per heavy atom. The second kappa shape index (κ2) is 4.26. The molecule has 4 nitrogen and oxygen atoms in total. The zero-order valence-corrected chi connectivity index (χ0v) is 8.35. The van der Waals surface area contributed by atoms with Crippen molar-refractivity contribution in [3.05, 3.63) is 30.1 Å². The molecule has 0 fully saturated rings. The summed E-state index contributed by atoms with van der Waals surface area (Å²) in [7, 11) is 0. The van der Waals surface area contributed by atoms with E-state index in [1.165, 1.54) is 6.07 Å². The van der Waals surface area contributed by atoms with Crippen LogP contribution in [0.4, 0.5) is 8.78 Å². The van der Waals surface area contributed by atoms with Crippen molar-refractivity contribution in [2.75, 3.05) is 0 Å². The van der Waals surface area contributed by atoms with Crippen molar-refractivity contribution in [2.45, 2.75) is 13.5 Å². The molecule has 0 amide bonds. The minimum Gasteiger partial charge on any atom is -0.434 e. The van der Waals surface area contributed by atoms with Crippen LogP contribution in [0.15, 0.2) is 28.8 Å². The lowest BCUT2D eigenvalue weighted by Crippen LogP contribution is -2.03. The van der Waals surface area contributed by atoms with Crippen molar-refractivity contribution in [3.63, 3.8) is 0 Å². The van der Waals surface area contributed by atoms with Gasteiger partial charge in [-0.2, -0.15) is 13.8 Å². The average Bonchev–Trinajstić information content (AvgIpc) is 2.65. The first-order valence-electron chi connectivity index (χ1n) is 4.51. The number of hydrogen-bond acceptors (Lipinski definition) is 4. The van der Waals surface area contributed by atoms with Crippen LogP contribution in [0.25, 0.3) is 11.5 Å². The highest BCUT2D eigenvalue weighted by Gasteiger charge is 2.14. The number of aryl methyl sites for hydroxylation is 1. The Bertz CT molecular complexity index is 485. The second-order valence-electron chi connectivity index (χ2n) is 3.02. The molecule has 0 aliphatic carbocycles. The van der Waals surface area contributed by atoms with Crippen LogP contribution < -0.4 is 4.74 Å². The van der Waals surface area contributed by atoms with E-state index in [1.807, 2.05) is 0 Å². The molecule has 0 aliphatic rings. The monoisotopic (exact) mass is 226 g/mol. The molecule has 0 unspecified atom stereocenters. The summed E-state index contributed by atoms with van der Waals surface area (Å²) < 4.78 is 33.5. The van der Waals surface area contributed by atoms with E-state index in [9.17, 15) is 8.78 Å². The fourth-order valence-electron chi connectivity index (χ4n) is 1.25. The van der Waals surface area contributed by atoms with Gasteiger partial charge in [0.2, 0.25) is 0 Å². The molecular weight excluding hydrogens is 218 g/mol. The number of aromatic nitrogens is 2. The van der Waals surface area contributed by atoms with Gasteiger partial charge in [-0.05, 0) is 19.1 Å². The van der Waals surface area contributed by atoms with Crippen molar-refractivity contribution in [1.29, 1.82) is 0 Å². The van der Waals surface area contributed by atoms with Gasteiger partial charge in [0.1, 0.15) is 5.75 Å². The summed E-state index contributed by atoms with van der Waals surface area (Å²) >= 11 is 0. The van der Waals surface area contributed by atoms with Gasteiger partial charge in [-0.1, -0.05) is 17.3 Å². The van der Waals surface area contributed by atoms with E-state index in [0.717, 1.165) is 0 Å². The number of hydrogen-bond donors (Lipinski definition) is 0. The van der Waals surface area contributed by atoms with Crippen molar-refractivity contribution < 1.29 is 18.0 Å². The van der Waals surface area contributed by atoms with Gasteiger partial charge in [0.05, 0.1) is 5.56 Å². The molecule has 0 atom stereocenters. The molecule has 0 saturated carbocycles. The van der Waals surface area contributed by atoms with E-state index in [0.29, 0.717) is 11.4 Å². The first kappa shape index (κ1) is 10.5. The van der Waals surface area contributed by atoms with Gasteiger partial charge in [0, 0.05) is 0 Å². The van der Waals surface area contributed by atoms with E-state index in [2.05, 4.69) is 14.9 Å². The van der Waals surface area contributed by atoms with Crippen LogP contribution in [0.1, 0.15) is 5.82 Å². The zero-order valence-electron chi connectivity index (χ0n) is 8.35. The summed E-state index contributed by atoms with van der Waals surface area (Å²) in [6, 6.07) is 6.25. The maximum Gasteiger partial charge on any atom is 0.387 e. The average molecular weight is 226 g/mol. The highest BCUT2D eigenvalue weighted by atomic mass is 19.3. The third kappa shape index (κ3) is 2.16. The van der Waals surface area contributed by atoms with Crippen LogP contribution >= 0.6 is 0 Å². The van der Waals surface area contributed by atoms with Gasteiger partial charge >= 0.3 is 6.61 Å². The quantitative estimate of drug-likeness (QED) is 0.807. The van der Waals surface area contributed by atoms with E-state index < -0.39 is 6.61 Å². The van der Waals surface area contributed by atoms with Crippen LogP contribution in [-0.2, 0) is 0 Å². The summed E-state index contributed by atoms with van der Waals surface area (Å²) in [4.78, 5) is 3.95. The van der Waals surface area contributed by atoms with Gasteiger partial charge in [-0.15, -0.1) is 0 Å². The Balaban J connectivity index is 2.40. The fraction of sp³-hybridized carbons (Fsp3) is 0.200. The van der Waals surface area contributed by atoms with Crippen LogP contribution in [-0.4, -0.2) is 16.8 Å². The van der Waals surface area contributed by atoms with Gasteiger partial charge in [0.15, 0.2) is 5.82 Å². The Hall–Kier alpha value is -1.98. The van der Waals surface area contributed by atoms with Gasteiger partial charge in [0.25, 0.3) is 5.89 Å². The van der Waals surface area contributed by atoms with Gasteiger partial charge in [-0.25, -0.2) is 0 Å². The minimum absolute atomic E-state index is 0.0150. The minimum atomic E-state index is -2.88. The van der Waals surface area contributed by atoms with Gasteiger partial charge < -0.3 is 9.26 Å². The zero-order chi connectivity index (χ0) is 11.5. The number of halogens is 2. The molecule has 0 radical (unpaired) electrons. The summed E-state index contributed by atoms with van der Waals surface area (Å²) in [6.07, 6.45) is 0. The predicted octanol–water partition coefficient (Wildman–Crippen LogP) is 2.65. The Morgan fingerprint density at radius 3 is 2.69 bits per heavy atom. The van der Waals surface area contributed by atoms with E-state index in [1.54, 1.807) is 25.1 Å². The maximum atomic E-state index is 12.1. The second-order valence-corrected chi connectivity index (χ2v) is 3.02. The van der Waals surface area contributed by atoms with Crippen molar-refractivity contribution in [1.82, 2.24) is 10.1 Å². The molecule has 16 heavy (non-hydrogen) atoms.